The lowest BCUT2D eigenvalue weighted by Gasteiger charge is -2.43. The van der Waals surface area contributed by atoms with Crippen molar-refractivity contribution < 1.29 is 14.3 Å². The summed E-state index contributed by atoms with van der Waals surface area (Å²) >= 11 is 3.69. The van der Waals surface area contributed by atoms with E-state index in [1.54, 1.807) is 37.1 Å². The molecule has 1 unspecified atom stereocenters. The van der Waals surface area contributed by atoms with Crippen molar-refractivity contribution in [3.8, 4) is 5.75 Å². The van der Waals surface area contributed by atoms with Gasteiger partial charge in [0.25, 0.3) is 5.91 Å². The number of nitrogens with one attached hydrogen (secondary N) is 2. The number of carbonyl (C=O) groups is 2. The number of hydrogen-bond donors (Lipinski definition) is 2. The van der Waals surface area contributed by atoms with Crippen molar-refractivity contribution in [3.63, 3.8) is 0 Å². The van der Waals surface area contributed by atoms with Gasteiger partial charge in [0, 0.05) is 36.7 Å². The summed E-state index contributed by atoms with van der Waals surface area (Å²) in [5.41, 5.74) is 0.526. The summed E-state index contributed by atoms with van der Waals surface area (Å²) in [6.07, 6.45) is 7.34. The molecule has 8 heteroatoms. The zero-order valence-corrected chi connectivity index (χ0v) is 20.3. The molecule has 0 radical (unpaired) electrons. The molecule has 1 aliphatic carbocycles. The molecule has 2 aliphatic rings. The zero-order chi connectivity index (χ0) is 22.1. The molecule has 1 heterocycles. The van der Waals surface area contributed by atoms with Gasteiger partial charge in [-0.25, -0.2) is 0 Å². The third-order valence-corrected chi connectivity index (χ3v) is 7.98. The lowest BCUT2D eigenvalue weighted by atomic mass is 9.94. The maximum Gasteiger partial charge on any atom is 0.255 e. The monoisotopic (exact) mass is 465 g/mol. The van der Waals surface area contributed by atoms with Gasteiger partial charge in [-0.3, -0.25) is 14.5 Å². The summed E-state index contributed by atoms with van der Waals surface area (Å²) in [6.45, 7) is 2.86. The number of amides is 2. The first-order valence-electron chi connectivity index (χ1n) is 11.1. The smallest absolute Gasteiger partial charge is 0.255 e. The number of rotatable bonds is 10. The van der Waals surface area contributed by atoms with E-state index in [1.165, 1.54) is 24.3 Å². The third kappa shape index (κ3) is 6.33. The molecule has 1 aromatic carbocycles. The predicted octanol–water partition coefficient (Wildman–Crippen LogP) is 3.02. The number of benzene rings is 1. The van der Waals surface area contributed by atoms with Crippen molar-refractivity contribution in [3.05, 3.63) is 29.8 Å². The van der Waals surface area contributed by atoms with Crippen LogP contribution in [0.15, 0.2) is 24.3 Å². The lowest BCUT2D eigenvalue weighted by molar-refractivity contribution is -0.123. The van der Waals surface area contributed by atoms with Crippen molar-refractivity contribution in [2.45, 2.75) is 43.7 Å². The van der Waals surface area contributed by atoms with Crippen LogP contribution in [0, 0.1) is 0 Å². The number of nitrogens with zero attached hydrogens (tertiary/aromatic N) is 1. The Morgan fingerprint density at radius 1 is 1.23 bits per heavy atom. The van der Waals surface area contributed by atoms with Gasteiger partial charge in [0.05, 0.1) is 12.7 Å². The van der Waals surface area contributed by atoms with Crippen LogP contribution in [0.25, 0.3) is 0 Å². The van der Waals surface area contributed by atoms with Gasteiger partial charge < -0.3 is 15.4 Å². The normalized spacial score (nSPS) is 19.5. The Bertz CT molecular complexity index is 735. The highest BCUT2D eigenvalue weighted by Crippen LogP contribution is 2.36. The third-order valence-electron chi connectivity index (χ3n) is 6.39. The molecule has 1 saturated carbocycles. The standard InChI is InChI=1S/C23H35N3O3S2/c1-29-20-8-4-3-7-18(20)21(27)25-19(9-14-30-2)22(28)24-17-23(10-5-6-11-23)26-12-15-31-16-13-26/h3-4,7-8,19H,5-6,9-17H2,1-2H3,(H,24,28)(H,25,27). The minimum atomic E-state index is -0.555. The number of para-hydroxylation sites is 1. The molecule has 0 bridgehead atoms. The van der Waals surface area contributed by atoms with Crippen LogP contribution < -0.4 is 15.4 Å². The van der Waals surface area contributed by atoms with Gasteiger partial charge in [0.1, 0.15) is 11.8 Å². The van der Waals surface area contributed by atoms with Crippen LogP contribution >= 0.6 is 23.5 Å². The summed E-state index contributed by atoms with van der Waals surface area (Å²) in [7, 11) is 1.55. The highest BCUT2D eigenvalue weighted by atomic mass is 32.2. The molecule has 172 valence electrons. The molecule has 2 N–H and O–H groups in total. The molecular formula is C23H35N3O3S2. The molecule has 0 spiro atoms. The van der Waals surface area contributed by atoms with E-state index in [1.807, 2.05) is 24.1 Å². The van der Waals surface area contributed by atoms with E-state index in [9.17, 15) is 9.59 Å². The fraction of sp³-hybridized carbons (Fsp3) is 0.652. The zero-order valence-electron chi connectivity index (χ0n) is 18.7. The minimum absolute atomic E-state index is 0.0767. The molecule has 31 heavy (non-hydrogen) atoms. The van der Waals surface area contributed by atoms with Crippen LogP contribution in [-0.2, 0) is 4.79 Å². The van der Waals surface area contributed by atoms with E-state index in [4.69, 9.17) is 4.74 Å². The fourth-order valence-corrected chi connectivity index (χ4v) is 6.00. The number of ether oxygens (including phenoxy) is 1. The summed E-state index contributed by atoms with van der Waals surface area (Å²) in [6, 6.07) is 6.55. The first-order chi connectivity index (χ1) is 15.1. The minimum Gasteiger partial charge on any atom is -0.496 e. The van der Waals surface area contributed by atoms with Gasteiger partial charge in [-0.2, -0.15) is 23.5 Å². The Morgan fingerprint density at radius 2 is 1.94 bits per heavy atom. The van der Waals surface area contributed by atoms with Gasteiger partial charge in [0.2, 0.25) is 5.91 Å². The van der Waals surface area contributed by atoms with Crippen LogP contribution in [0.3, 0.4) is 0 Å². The topological polar surface area (TPSA) is 70.7 Å². The average molecular weight is 466 g/mol. The first kappa shape index (κ1) is 24.3. The van der Waals surface area contributed by atoms with E-state index < -0.39 is 6.04 Å². The van der Waals surface area contributed by atoms with Gasteiger partial charge in [-0.05, 0) is 43.4 Å². The Balaban J connectivity index is 1.65. The molecule has 2 amide bonds. The van der Waals surface area contributed by atoms with Crippen LogP contribution in [0.4, 0.5) is 0 Å². The summed E-state index contributed by atoms with van der Waals surface area (Å²) in [5.74, 6) is 3.29. The van der Waals surface area contributed by atoms with E-state index in [0.717, 1.165) is 31.7 Å². The van der Waals surface area contributed by atoms with Crippen molar-refractivity contribution in [1.29, 1.82) is 0 Å². The Labute approximate surface area is 194 Å². The van der Waals surface area contributed by atoms with Crippen molar-refractivity contribution in [2.75, 3.05) is 50.3 Å². The average Bonchev–Trinajstić information content (AvgIpc) is 3.31. The Kier molecular flexibility index (Phi) is 9.41. The highest BCUT2D eigenvalue weighted by molar-refractivity contribution is 7.99. The summed E-state index contributed by atoms with van der Waals surface area (Å²) in [4.78, 5) is 28.6. The quantitative estimate of drug-likeness (QED) is 0.554. The van der Waals surface area contributed by atoms with Crippen LogP contribution in [0.5, 0.6) is 5.75 Å². The predicted molar refractivity (Wildman–Crippen MR) is 130 cm³/mol. The molecule has 1 saturated heterocycles. The van der Waals surface area contributed by atoms with Crippen molar-refractivity contribution >= 4 is 35.3 Å². The van der Waals surface area contributed by atoms with Crippen LogP contribution in [0.2, 0.25) is 0 Å². The fourth-order valence-electron chi connectivity index (χ4n) is 4.62. The Morgan fingerprint density at radius 3 is 2.61 bits per heavy atom. The number of hydrogen-bond acceptors (Lipinski definition) is 6. The largest absolute Gasteiger partial charge is 0.496 e. The summed E-state index contributed by atoms with van der Waals surface area (Å²) < 4.78 is 5.31. The molecule has 1 aliphatic heterocycles. The highest BCUT2D eigenvalue weighted by Gasteiger charge is 2.40. The number of methoxy groups -OCH3 is 1. The molecule has 0 aromatic heterocycles. The van der Waals surface area contributed by atoms with Crippen LogP contribution in [0.1, 0.15) is 42.5 Å². The molecular weight excluding hydrogens is 430 g/mol. The second kappa shape index (κ2) is 12.0. The van der Waals surface area contributed by atoms with Crippen LogP contribution in [-0.4, -0.2) is 78.6 Å². The van der Waals surface area contributed by atoms with E-state index in [-0.39, 0.29) is 17.4 Å². The molecule has 6 nitrogen and oxygen atoms in total. The second-order valence-corrected chi connectivity index (χ2v) is 10.5. The van der Waals surface area contributed by atoms with Gasteiger partial charge in [0.15, 0.2) is 0 Å². The maximum absolute atomic E-state index is 13.2. The molecule has 1 aromatic rings. The Hall–Kier alpha value is -1.38. The first-order valence-corrected chi connectivity index (χ1v) is 13.7. The summed E-state index contributed by atoms with van der Waals surface area (Å²) in [5, 5.41) is 6.16. The van der Waals surface area contributed by atoms with Gasteiger partial charge in [-0.1, -0.05) is 25.0 Å². The molecule has 3 rings (SSSR count). The number of thioether (sulfide) groups is 2. The molecule has 2 fully saturated rings. The van der Waals surface area contributed by atoms with Gasteiger partial charge >= 0.3 is 0 Å². The van der Waals surface area contributed by atoms with E-state index in [2.05, 4.69) is 15.5 Å². The molecule has 1 atom stereocenters. The SMILES string of the molecule is COc1ccccc1C(=O)NC(CCSC)C(=O)NCC1(N2CCSCC2)CCCC1. The number of carbonyl (C=O) groups excluding carboxylic acids is 2. The lowest BCUT2D eigenvalue weighted by Crippen LogP contribution is -2.58. The maximum atomic E-state index is 13.2. The van der Waals surface area contributed by atoms with Crippen molar-refractivity contribution in [1.82, 2.24) is 15.5 Å². The van der Waals surface area contributed by atoms with Gasteiger partial charge in [-0.15, -0.1) is 0 Å². The van der Waals surface area contributed by atoms with E-state index >= 15 is 0 Å². The van der Waals surface area contributed by atoms with Crippen molar-refractivity contribution in [2.24, 2.45) is 0 Å². The van der Waals surface area contributed by atoms with E-state index in [0.29, 0.717) is 24.3 Å². The second-order valence-electron chi connectivity index (χ2n) is 8.26.